The molecular weight excluding hydrogens is 160 g/mol. The van der Waals surface area contributed by atoms with Crippen LogP contribution in [0, 0.1) is 5.92 Å². The maximum absolute atomic E-state index is 10.9. The van der Waals surface area contributed by atoms with Crippen LogP contribution in [0.1, 0.15) is 20.8 Å². The maximum Gasteiger partial charge on any atom is 0.309 e. The van der Waals surface area contributed by atoms with Gasteiger partial charge in [-0.2, -0.15) is 0 Å². The van der Waals surface area contributed by atoms with Crippen LogP contribution in [0.15, 0.2) is 0 Å². The van der Waals surface area contributed by atoms with E-state index in [0.29, 0.717) is 6.29 Å². The summed E-state index contributed by atoms with van der Waals surface area (Å²) in [5, 5.41) is 0. The van der Waals surface area contributed by atoms with Crippen molar-refractivity contribution in [3.8, 4) is 0 Å². The van der Waals surface area contributed by atoms with Crippen LogP contribution in [-0.2, 0) is 19.1 Å². The van der Waals surface area contributed by atoms with E-state index in [9.17, 15) is 14.4 Å². The van der Waals surface area contributed by atoms with Crippen LogP contribution in [0.4, 0.5) is 0 Å². The SMILES string of the molecule is CC(=O)C(C=O)OC(=O)C(C)C. The van der Waals surface area contributed by atoms with Crippen LogP contribution in [0.3, 0.4) is 0 Å². The molecule has 0 saturated heterocycles. The summed E-state index contributed by atoms with van der Waals surface area (Å²) in [5.41, 5.74) is 0. The van der Waals surface area contributed by atoms with Gasteiger partial charge in [0.1, 0.15) is 0 Å². The Morgan fingerprint density at radius 2 is 1.83 bits per heavy atom. The van der Waals surface area contributed by atoms with E-state index in [0.717, 1.165) is 0 Å². The zero-order valence-corrected chi connectivity index (χ0v) is 7.37. The first-order chi connectivity index (χ1) is 5.49. The maximum atomic E-state index is 10.9. The molecule has 0 fully saturated rings. The van der Waals surface area contributed by atoms with E-state index in [1.54, 1.807) is 13.8 Å². The van der Waals surface area contributed by atoms with Crippen LogP contribution in [0.5, 0.6) is 0 Å². The zero-order valence-electron chi connectivity index (χ0n) is 7.37. The lowest BCUT2D eigenvalue weighted by atomic mass is 10.2. The first kappa shape index (κ1) is 10.8. The molecule has 0 N–H and O–H groups in total. The second-order valence-electron chi connectivity index (χ2n) is 2.76. The van der Waals surface area contributed by atoms with E-state index in [1.165, 1.54) is 6.92 Å². The number of carbonyl (C=O) groups is 3. The number of esters is 1. The van der Waals surface area contributed by atoms with Crippen molar-refractivity contribution >= 4 is 18.0 Å². The minimum Gasteiger partial charge on any atom is -0.446 e. The second kappa shape index (κ2) is 4.64. The van der Waals surface area contributed by atoms with Gasteiger partial charge in [0.05, 0.1) is 5.92 Å². The van der Waals surface area contributed by atoms with Gasteiger partial charge in [-0.15, -0.1) is 0 Å². The van der Waals surface area contributed by atoms with Crippen molar-refractivity contribution in [3.63, 3.8) is 0 Å². The fourth-order valence-electron chi connectivity index (χ4n) is 0.468. The minimum atomic E-state index is -1.24. The minimum absolute atomic E-state index is 0.322. The Morgan fingerprint density at radius 3 is 2.08 bits per heavy atom. The molecule has 68 valence electrons. The van der Waals surface area contributed by atoms with E-state index in [1.807, 2.05) is 0 Å². The highest BCUT2D eigenvalue weighted by atomic mass is 16.5. The summed E-state index contributed by atoms with van der Waals surface area (Å²) in [7, 11) is 0. The fourth-order valence-corrected chi connectivity index (χ4v) is 0.468. The smallest absolute Gasteiger partial charge is 0.309 e. The molecule has 0 aliphatic heterocycles. The second-order valence-corrected chi connectivity index (χ2v) is 2.76. The molecule has 4 nitrogen and oxygen atoms in total. The Balaban J connectivity index is 4.12. The molecule has 1 atom stereocenters. The third kappa shape index (κ3) is 3.27. The molecule has 0 aromatic rings. The summed E-state index contributed by atoms with van der Waals surface area (Å²) in [6.45, 7) is 4.46. The van der Waals surface area contributed by atoms with Gasteiger partial charge in [0.25, 0.3) is 0 Å². The monoisotopic (exact) mass is 172 g/mol. The molecule has 0 aliphatic rings. The van der Waals surface area contributed by atoms with Crippen LogP contribution in [0.25, 0.3) is 0 Å². The van der Waals surface area contributed by atoms with Crippen molar-refractivity contribution in [1.29, 1.82) is 0 Å². The molecule has 0 saturated carbocycles. The number of hydrogen-bond donors (Lipinski definition) is 0. The molecule has 0 aromatic heterocycles. The number of rotatable bonds is 4. The van der Waals surface area contributed by atoms with Gasteiger partial charge >= 0.3 is 5.97 Å². The molecule has 0 aromatic carbocycles. The van der Waals surface area contributed by atoms with Gasteiger partial charge in [-0.1, -0.05) is 13.8 Å². The number of ether oxygens (including phenoxy) is 1. The van der Waals surface area contributed by atoms with E-state index in [-0.39, 0.29) is 5.92 Å². The van der Waals surface area contributed by atoms with Gasteiger partial charge < -0.3 is 4.74 Å². The summed E-state index contributed by atoms with van der Waals surface area (Å²) in [6.07, 6.45) is -0.914. The number of hydrogen-bond acceptors (Lipinski definition) is 4. The Bertz CT molecular complexity index is 195. The average molecular weight is 172 g/mol. The van der Waals surface area contributed by atoms with E-state index < -0.39 is 17.9 Å². The van der Waals surface area contributed by atoms with Gasteiger partial charge in [-0.3, -0.25) is 14.4 Å². The molecule has 1 unspecified atom stereocenters. The fraction of sp³-hybridized carbons (Fsp3) is 0.625. The Hall–Kier alpha value is -1.19. The lowest BCUT2D eigenvalue weighted by Gasteiger charge is -2.10. The van der Waals surface area contributed by atoms with Gasteiger partial charge in [-0.05, 0) is 6.92 Å². The van der Waals surface area contributed by atoms with Gasteiger partial charge in [-0.25, -0.2) is 0 Å². The Morgan fingerprint density at radius 1 is 1.33 bits per heavy atom. The average Bonchev–Trinajstić information content (AvgIpc) is 1.98. The molecular formula is C8H12O4. The van der Waals surface area contributed by atoms with Gasteiger partial charge in [0.15, 0.2) is 12.1 Å². The quantitative estimate of drug-likeness (QED) is 0.348. The summed E-state index contributed by atoms with van der Waals surface area (Å²) in [6, 6.07) is 0. The van der Waals surface area contributed by atoms with Crippen LogP contribution in [0.2, 0.25) is 0 Å². The Labute approximate surface area is 70.9 Å². The number of Topliss-reactive ketones (excluding diaryl/α,β-unsaturated/α-hetero) is 1. The summed E-state index contributed by atoms with van der Waals surface area (Å²) in [4.78, 5) is 31.7. The van der Waals surface area contributed by atoms with Gasteiger partial charge in [0, 0.05) is 0 Å². The highest BCUT2D eigenvalue weighted by molar-refractivity contribution is 5.96. The van der Waals surface area contributed by atoms with E-state index >= 15 is 0 Å². The lowest BCUT2D eigenvalue weighted by Crippen LogP contribution is -2.28. The molecule has 0 amide bonds. The van der Waals surface area contributed by atoms with Crippen molar-refractivity contribution in [2.45, 2.75) is 26.9 Å². The van der Waals surface area contributed by atoms with Crippen molar-refractivity contribution in [1.82, 2.24) is 0 Å². The van der Waals surface area contributed by atoms with Crippen molar-refractivity contribution in [2.75, 3.05) is 0 Å². The summed E-state index contributed by atoms with van der Waals surface area (Å²) < 4.78 is 4.57. The first-order valence-electron chi connectivity index (χ1n) is 3.65. The molecule has 4 heteroatoms. The number of aldehydes is 1. The van der Waals surface area contributed by atoms with E-state index in [2.05, 4.69) is 4.74 Å². The molecule has 0 radical (unpaired) electrons. The van der Waals surface area contributed by atoms with Crippen molar-refractivity contribution in [3.05, 3.63) is 0 Å². The molecule has 0 rings (SSSR count). The van der Waals surface area contributed by atoms with Crippen LogP contribution >= 0.6 is 0 Å². The predicted octanol–water partition coefficient (Wildman–Crippen LogP) is 0.342. The predicted molar refractivity (Wildman–Crippen MR) is 41.5 cm³/mol. The molecule has 0 heterocycles. The van der Waals surface area contributed by atoms with Gasteiger partial charge in [0.2, 0.25) is 6.10 Å². The third-order valence-electron chi connectivity index (χ3n) is 1.24. The third-order valence-corrected chi connectivity index (χ3v) is 1.24. The highest BCUT2D eigenvalue weighted by Crippen LogP contribution is 1.99. The Kier molecular flexibility index (Phi) is 4.18. The standard InChI is InChI=1S/C8H12O4/c1-5(2)8(11)12-7(4-9)6(3)10/h4-5,7H,1-3H3. The normalized spacial score (nSPS) is 12.3. The summed E-state index contributed by atoms with van der Waals surface area (Å²) >= 11 is 0. The molecule has 0 aliphatic carbocycles. The van der Waals surface area contributed by atoms with Crippen molar-refractivity contribution < 1.29 is 19.1 Å². The summed E-state index contributed by atoms with van der Waals surface area (Å²) in [5.74, 6) is -1.33. The van der Waals surface area contributed by atoms with E-state index in [4.69, 9.17) is 0 Å². The topological polar surface area (TPSA) is 60.4 Å². The highest BCUT2D eigenvalue weighted by Gasteiger charge is 2.19. The molecule has 0 spiro atoms. The zero-order chi connectivity index (χ0) is 9.72. The number of carbonyl (C=O) groups excluding carboxylic acids is 3. The van der Waals surface area contributed by atoms with Crippen LogP contribution in [-0.4, -0.2) is 24.1 Å². The lowest BCUT2D eigenvalue weighted by molar-refractivity contribution is -0.159. The largest absolute Gasteiger partial charge is 0.446 e. The molecule has 12 heavy (non-hydrogen) atoms. The first-order valence-corrected chi connectivity index (χ1v) is 3.65. The van der Waals surface area contributed by atoms with Crippen molar-refractivity contribution in [2.24, 2.45) is 5.92 Å². The molecule has 0 bridgehead atoms. The van der Waals surface area contributed by atoms with Crippen LogP contribution < -0.4 is 0 Å². The number of ketones is 1.